The van der Waals surface area contributed by atoms with Crippen LogP contribution in [0, 0.1) is 0 Å². The standard InChI is InChI=1S/C15H16N2O3S2/c1-2-20-15(19)13-6-9-5-10(3-4-12(9)22-13)17-14(18)11-7-21-8-16-11/h3-6,11,16H,2,7-8H2,1H3,(H,17,18). The number of thioether (sulfide) groups is 1. The van der Waals surface area contributed by atoms with E-state index in [0.717, 1.165) is 27.4 Å². The molecule has 1 aliphatic rings. The van der Waals surface area contributed by atoms with Gasteiger partial charge in [0.2, 0.25) is 5.91 Å². The molecule has 1 atom stereocenters. The van der Waals surface area contributed by atoms with Crippen LogP contribution >= 0.6 is 23.1 Å². The summed E-state index contributed by atoms with van der Waals surface area (Å²) in [5.74, 6) is 1.27. The molecule has 0 spiro atoms. The number of carbonyl (C=O) groups is 2. The summed E-state index contributed by atoms with van der Waals surface area (Å²) < 4.78 is 6.01. The number of rotatable bonds is 4. The topological polar surface area (TPSA) is 67.4 Å². The molecule has 0 saturated carbocycles. The molecule has 1 aromatic carbocycles. The lowest BCUT2D eigenvalue weighted by molar-refractivity contribution is -0.117. The Kier molecular flexibility index (Phi) is 4.66. The fourth-order valence-electron chi connectivity index (χ4n) is 2.22. The Hall–Kier alpha value is -1.57. The predicted molar refractivity (Wildman–Crippen MR) is 90.7 cm³/mol. The van der Waals surface area contributed by atoms with Crippen LogP contribution < -0.4 is 10.6 Å². The highest BCUT2D eigenvalue weighted by molar-refractivity contribution is 7.99. The number of carbonyl (C=O) groups excluding carboxylic acids is 2. The van der Waals surface area contributed by atoms with E-state index >= 15 is 0 Å². The third kappa shape index (κ3) is 3.26. The molecule has 1 fully saturated rings. The maximum atomic E-state index is 12.1. The van der Waals surface area contributed by atoms with Crippen LogP contribution in [0.4, 0.5) is 5.69 Å². The van der Waals surface area contributed by atoms with Crippen molar-refractivity contribution in [2.24, 2.45) is 0 Å². The monoisotopic (exact) mass is 336 g/mol. The lowest BCUT2D eigenvalue weighted by Crippen LogP contribution is -2.37. The average molecular weight is 336 g/mol. The molecule has 0 radical (unpaired) electrons. The molecule has 2 N–H and O–H groups in total. The SMILES string of the molecule is CCOC(=O)c1cc2cc(NC(=O)C3CSCN3)ccc2s1. The summed E-state index contributed by atoms with van der Waals surface area (Å²) in [7, 11) is 0. The molecule has 1 amide bonds. The molecule has 2 heterocycles. The summed E-state index contributed by atoms with van der Waals surface area (Å²) in [5, 5.41) is 6.98. The maximum Gasteiger partial charge on any atom is 0.348 e. The van der Waals surface area contributed by atoms with Crippen LogP contribution in [0.5, 0.6) is 0 Å². The molecule has 22 heavy (non-hydrogen) atoms. The van der Waals surface area contributed by atoms with Crippen molar-refractivity contribution >= 4 is 50.7 Å². The van der Waals surface area contributed by atoms with Crippen molar-refractivity contribution in [1.29, 1.82) is 0 Å². The van der Waals surface area contributed by atoms with Crippen LogP contribution in [0.2, 0.25) is 0 Å². The molecule has 1 saturated heterocycles. The third-order valence-corrected chi connectivity index (χ3v) is 5.33. The summed E-state index contributed by atoms with van der Waals surface area (Å²) in [6, 6.07) is 7.31. The first-order chi connectivity index (χ1) is 10.7. The minimum absolute atomic E-state index is 0.0230. The van der Waals surface area contributed by atoms with Gasteiger partial charge in [-0.25, -0.2) is 4.79 Å². The average Bonchev–Trinajstić information content (AvgIpc) is 3.16. The van der Waals surface area contributed by atoms with Crippen LogP contribution in [0.15, 0.2) is 24.3 Å². The van der Waals surface area contributed by atoms with E-state index in [1.807, 2.05) is 18.2 Å². The number of hydrogen-bond acceptors (Lipinski definition) is 6. The van der Waals surface area contributed by atoms with Crippen LogP contribution in [0.1, 0.15) is 16.6 Å². The smallest absolute Gasteiger partial charge is 0.348 e. The maximum absolute atomic E-state index is 12.1. The number of benzene rings is 1. The number of esters is 1. The van der Waals surface area contributed by atoms with E-state index < -0.39 is 0 Å². The molecule has 1 unspecified atom stereocenters. The lowest BCUT2D eigenvalue weighted by atomic mass is 10.2. The zero-order valence-electron chi connectivity index (χ0n) is 12.0. The van der Waals surface area contributed by atoms with Gasteiger partial charge in [-0.3, -0.25) is 10.1 Å². The molecular formula is C15H16N2O3S2. The van der Waals surface area contributed by atoms with Crippen LogP contribution in [0.25, 0.3) is 10.1 Å². The number of nitrogens with one attached hydrogen (secondary N) is 2. The summed E-state index contributed by atoms with van der Waals surface area (Å²) in [6.07, 6.45) is 0. The van der Waals surface area contributed by atoms with Gasteiger partial charge in [0.05, 0.1) is 12.6 Å². The first kappa shape index (κ1) is 15.3. The predicted octanol–water partition coefficient (Wildman–Crippen LogP) is 2.68. The number of thiophene rings is 1. The Morgan fingerprint density at radius 2 is 2.27 bits per heavy atom. The third-order valence-electron chi connectivity index (χ3n) is 3.29. The number of fused-ring (bicyclic) bond motifs is 1. The highest BCUT2D eigenvalue weighted by Gasteiger charge is 2.22. The largest absolute Gasteiger partial charge is 0.462 e. The molecule has 1 aliphatic heterocycles. The van der Waals surface area contributed by atoms with Crippen molar-refractivity contribution < 1.29 is 14.3 Å². The normalized spacial score (nSPS) is 17.6. The fourth-order valence-corrected chi connectivity index (χ4v) is 4.10. The van der Waals surface area contributed by atoms with E-state index in [2.05, 4.69) is 10.6 Å². The van der Waals surface area contributed by atoms with E-state index in [-0.39, 0.29) is 17.9 Å². The fraction of sp³-hybridized carbons (Fsp3) is 0.333. The zero-order valence-corrected chi connectivity index (χ0v) is 13.7. The number of anilines is 1. The van der Waals surface area contributed by atoms with Crippen LogP contribution in [-0.4, -0.2) is 36.2 Å². The van der Waals surface area contributed by atoms with E-state index in [1.165, 1.54) is 11.3 Å². The molecule has 1 aromatic heterocycles. The van der Waals surface area contributed by atoms with Gasteiger partial charge in [-0.1, -0.05) is 0 Å². The van der Waals surface area contributed by atoms with Crippen LogP contribution in [-0.2, 0) is 9.53 Å². The molecule has 0 aliphatic carbocycles. The highest BCUT2D eigenvalue weighted by atomic mass is 32.2. The number of hydrogen-bond donors (Lipinski definition) is 2. The highest BCUT2D eigenvalue weighted by Crippen LogP contribution is 2.28. The minimum atomic E-state index is -0.304. The Balaban J connectivity index is 1.77. The van der Waals surface area contributed by atoms with Crippen molar-refractivity contribution in [2.75, 3.05) is 23.6 Å². The van der Waals surface area contributed by atoms with Gasteiger partial charge in [0.1, 0.15) is 4.88 Å². The second kappa shape index (κ2) is 6.68. The lowest BCUT2D eigenvalue weighted by Gasteiger charge is -2.10. The van der Waals surface area contributed by atoms with Crippen molar-refractivity contribution in [1.82, 2.24) is 5.32 Å². The van der Waals surface area contributed by atoms with E-state index in [4.69, 9.17) is 4.74 Å². The summed E-state index contributed by atoms with van der Waals surface area (Å²) in [6.45, 7) is 2.15. The van der Waals surface area contributed by atoms with Crippen LogP contribution in [0.3, 0.4) is 0 Å². The summed E-state index contributed by atoms with van der Waals surface area (Å²) >= 11 is 3.11. The Labute approximate surface area is 136 Å². The molecule has 5 nitrogen and oxygen atoms in total. The van der Waals surface area contributed by atoms with Gasteiger partial charge in [0.15, 0.2) is 0 Å². The van der Waals surface area contributed by atoms with Gasteiger partial charge in [-0.2, -0.15) is 0 Å². The van der Waals surface area contributed by atoms with E-state index in [1.54, 1.807) is 24.8 Å². The Morgan fingerprint density at radius 3 is 3.00 bits per heavy atom. The van der Waals surface area contributed by atoms with Gasteiger partial charge in [-0.05, 0) is 36.6 Å². The first-order valence-corrected chi connectivity index (χ1v) is 8.97. The molecule has 7 heteroatoms. The quantitative estimate of drug-likeness (QED) is 0.840. The number of ether oxygens (including phenoxy) is 1. The first-order valence-electron chi connectivity index (χ1n) is 7.00. The zero-order chi connectivity index (χ0) is 15.5. The van der Waals surface area contributed by atoms with Crippen molar-refractivity contribution in [2.45, 2.75) is 13.0 Å². The molecule has 2 aromatic rings. The summed E-state index contributed by atoms with van der Waals surface area (Å²) in [4.78, 5) is 24.4. The number of amides is 1. The molecule has 3 rings (SSSR count). The van der Waals surface area contributed by atoms with Gasteiger partial charge in [0, 0.05) is 22.0 Å². The van der Waals surface area contributed by atoms with E-state index in [0.29, 0.717) is 11.5 Å². The Morgan fingerprint density at radius 1 is 1.41 bits per heavy atom. The second-order valence-electron chi connectivity index (χ2n) is 4.84. The molecular weight excluding hydrogens is 320 g/mol. The summed E-state index contributed by atoms with van der Waals surface area (Å²) in [5.41, 5.74) is 0.740. The van der Waals surface area contributed by atoms with Crippen molar-refractivity contribution in [3.05, 3.63) is 29.1 Å². The van der Waals surface area contributed by atoms with Crippen molar-refractivity contribution in [3.8, 4) is 0 Å². The minimum Gasteiger partial charge on any atom is -0.462 e. The Bertz CT molecular complexity index is 708. The van der Waals surface area contributed by atoms with Gasteiger partial charge < -0.3 is 10.1 Å². The van der Waals surface area contributed by atoms with Gasteiger partial charge in [0.25, 0.3) is 0 Å². The molecule has 116 valence electrons. The molecule has 0 bridgehead atoms. The van der Waals surface area contributed by atoms with Crippen molar-refractivity contribution in [3.63, 3.8) is 0 Å². The van der Waals surface area contributed by atoms with Gasteiger partial charge >= 0.3 is 5.97 Å². The van der Waals surface area contributed by atoms with Gasteiger partial charge in [-0.15, -0.1) is 23.1 Å². The second-order valence-corrected chi connectivity index (χ2v) is 6.96. The van der Waals surface area contributed by atoms with E-state index in [9.17, 15) is 9.59 Å².